The summed E-state index contributed by atoms with van der Waals surface area (Å²) in [5.41, 5.74) is -0.816. The quantitative estimate of drug-likeness (QED) is 0.633. The predicted octanol–water partition coefficient (Wildman–Crippen LogP) is 3.10. The van der Waals surface area contributed by atoms with Crippen molar-refractivity contribution in [2.75, 3.05) is 0 Å². The summed E-state index contributed by atoms with van der Waals surface area (Å²) < 4.78 is 40.1. The second kappa shape index (κ2) is 4.47. The van der Waals surface area contributed by atoms with Gasteiger partial charge in [0.15, 0.2) is 0 Å². The van der Waals surface area contributed by atoms with Crippen LogP contribution in [0.5, 0.6) is 5.75 Å². The molecule has 8 heteroatoms. The summed E-state index contributed by atoms with van der Waals surface area (Å²) in [5, 5.41) is 10.3. The second-order valence-electron chi connectivity index (χ2n) is 2.35. The van der Waals surface area contributed by atoms with E-state index in [-0.39, 0.29) is 0 Å². The largest absolute Gasteiger partial charge is 0.434 e. The number of alkyl halides is 2. The van der Waals surface area contributed by atoms with E-state index in [9.17, 15) is 23.3 Å². The molecule has 0 radical (unpaired) electrons. The van der Waals surface area contributed by atoms with Crippen molar-refractivity contribution in [1.29, 1.82) is 0 Å². The highest BCUT2D eigenvalue weighted by Crippen LogP contribution is 2.34. The summed E-state index contributed by atoms with van der Waals surface area (Å²) in [6.07, 6.45) is 0. The molecule has 0 amide bonds. The van der Waals surface area contributed by atoms with Crippen molar-refractivity contribution in [2.45, 2.75) is 6.61 Å². The number of benzene rings is 1. The average Bonchev–Trinajstić information content (AvgIpc) is 2.12. The highest BCUT2D eigenvalue weighted by Gasteiger charge is 2.21. The Balaban J connectivity index is 3.15. The third-order valence-corrected chi connectivity index (χ3v) is 2.18. The van der Waals surface area contributed by atoms with Crippen LogP contribution in [-0.2, 0) is 0 Å². The topological polar surface area (TPSA) is 52.4 Å². The van der Waals surface area contributed by atoms with E-state index in [1.54, 1.807) is 0 Å². The maximum atomic E-state index is 13.1. The molecule has 0 aliphatic heterocycles. The summed E-state index contributed by atoms with van der Waals surface area (Å²) in [6.45, 7) is -3.12. The zero-order chi connectivity index (χ0) is 11.6. The molecule has 0 spiro atoms. The first-order valence-electron chi connectivity index (χ1n) is 3.50. The van der Waals surface area contributed by atoms with Gasteiger partial charge >= 0.3 is 12.3 Å². The van der Waals surface area contributed by atoms with E-state index in [0.29, 0.717) is 0 Å². The van der Waals surface area contributed by atoms with Gasteiger partial charge in [0, 0.05) is 6.07 Å². The molecule has 4 nitrogen and oxygen atoms in total. The van der Waals surface area contributed by atoms with Crippen LogP contribution in [-0.4, -0.2) is 11.5 Å². The number of nitrogens with zero attached hydrogens (tertiary/aromatic N) is 1. The molecule has 0 aliphatic rings. The van der Waals surface area contributed by atoms with E-state index < -0.39 is 33.3 Å². The third kappa shape index (κ3) is 2.58. The minimum atomic E-state index is -3.12. The van der Waals surface area contributed by atoms with Crippen molar-refractivity contribution in [3.63, 3.8) is 0 Å². The first kappa shape index (κ1) is 11.8. The Morgan fingerprint density at radius 3 is 2.53 bits per heavy atom. The molecule has 0 unspecified atom stereocenters. The van der Waals surface area contributed by atoms with Gasteiger partial charge in [-0.2, -0.15) is 13.2 Å². The summed E-state index contributed by atoms with van der Waals surface area (Å²) in [4.78, 5) is 9.30. The standard InChI is InChI=1S/C7H3BrF3NO3/c8-5-4(15-7(10)11)2-1-3(6(5)9)12(13)14/h1-2,7H. The lowest BCUT2D eigenvalue weighted by molar-refractivity contribution is -0.387. The minimum absolute atomic E-state index is 0.492. The van der Waals surface area contributed by atoms with Crippen molar-refractivity contribution in [1.82, 2.24) is 0 Å². The van der Waals surface area contributed by atoms with Crippen LogP contribution in [0.4, 0.5) is 18.9 Å². The van der Waals surface area contributed by atoms with Crippen LogP contribution < -0.4 is 4.74 Å². The normalized spacial score (nSPS) is 10.5. The fourth-order valence-corrected chi connectivity index (χ4v) is 1.28. The molecule has 0 N–H and O–H groups in total. The number of rotatable bonds is 3. The Kier molecular flexibility index (Phi) is 3.51. The molecule has 15 heavy (non-hydrogen) atoms. The lowest BCUT2D eigenvalue weighted by atomic mass is 10.3. The molecule has 1 rings (SSSR count). The molecular formula is C7H3BrF3NO3. The molecule has 0 saturated heterocycles. The molecule has 0 aromatic heterocycles. The van der Waals surface area contributed by atoms with E-state index >= 15 is 0 Å². The zero-order valence-corrected chi connectivity index (χ0v) is 8.50. The van der Waals surface area contributed by atoms with Crippen molar-refractivity contribution in [3.05, 3.63) is 32.5 Å². The maximum Gasteiger partial charge on any atom is 0.387 e. The molecule has 0 heterocycles. The van der Waals surface area contributed by atoms with Crippen LogP contribution in [0, 0.1) is 15.9 Å². The van der Waals surface area contributed by atoms with Crippen LogP contribution in [0.15, 0.2) is 16.6 Å². The Bertz CT molecular complexity index is 399. The van der Waals surface area contributed by atoms with Crippen LogP contribution in [0.1, 0.15) is 0 Å². The van der Waals surface area contributed by atoms with Gasteiger partial charge in [0.25, 0.3) is 0 Å². The third-order valence-electron chi connectivity index (χ3n) is 1.44. The van der Waals surface area contributed by atoms with Gasteiger partial charge in [-0.05, 0) is 22.0 Å². The Morgan fingerprint density at radius 1 is 1.47 bits per heavy atom. The van der Waals surface area contributed by atoms with Gasteiger partial charge < -0.3 is 4.74 Å². The number of halogens is 4. The number of nitro groups is 1. The molecule has 0 fully saturated rings. The molecule has 1 aromatic rings. The highest BCUT2D eigenvalue weighted by molar-refractivity contribution is 9.10. The minimum Gasteiger partial charge on any atom is -0.434 e. The average molecular weight is 286 g/mol. The van der Waals surface area contributed by atoms with E-state index in [1.165, 1.54) is 0 Å². The van der Waals surface area contributed by atoms with Crippen molar-refractivity contribution in [2.24, 2.45) is 0 Å². The molecular weight excluding hydrogens is 283 g/mol. The Hall–Kier alpha value is -1.31. The van der Waals surface area contributed by atoms with Gasteiger partial charge in [-0.3, -0.25) is 10.1 Å². The van der Waals surface area contributed by atoms with Gasteiger partial charge in [0.1, 0.15) is 10.2 Å². The summed E-state index contributed by atoms with van der Waals surface area (Å²) in [7, 11) is 0. The van der Waals surface area contributed by atoms with Gasteiger partial charge in [0.05, 0.1) is 4.92 Å². The van der Waals surface area contributed by atoms with E-state index in [1.807, 2.05) is 0 Å². The van der Waals surface area contributed by atoms with Crippen molar-refractivity contribution < 1.29 is 22.8 Å². The first-order chi connectivity index (χ1) is 6.93. The molecule has 0 bridgehead atoms. The van der Waals surface area contributed by atoms with E-state index in [2.05, 4.69) is 20.7 Å². The molecule has 0 atom stereocenters. The number of ether oxygens (including phenoxy) is 1. The summed E-state index contributed by atoms with van der Waals surface area (Å²) in [5.74, 6) is -1.74. The van der Waals surface area contributed by atoms with Gasteiger partial charge in [-0.1, -0.05) is 0 Å². The van der Waals surface area contributed by atoms with E-state index in [0.717, 1.165) is 12.1 Å². The fourth-order valence-electron chi connectivity index (χ4n) is 0.850. The number of hydrogen-bond donors (Lipinski definition) is 0. The van der Waals surface area contributed by atoms with Crippen molar-refractivity contribution >= 4 is 21.6 Å². The van der Waals surface area contributed by atoms with Crippen molar-refractivity contribution in [3.8, 4) is 5.75 Å². The molecule has 0 aliphatic carbocycles. The van der Waals surface area contributed by atoms with Crippen LogP contribution in [0.25, 0.3) is 0 Å². The monoisotopic (exact) mass is 285 g/mol. The smallest absolute Gasteiger partial charge is 0.387 e. The lowest BCUT2D eigenvalue weighted by Crippen LogP contribution is -2.04. The maximum absolute atomic E-state index is 13.1. The second-order valence-corrected chi connectivity index (χ2v) is 3.14. The number of nitro benzene ring substituents is 1. The Labute approximate surface area is 89.9 Å². The van der Waals surface area contributed by atoms with Crippen LogP contribution in [0.2, 0.25) is 0 Å². The van der Waals surface area contributed by atoms with Gasteiger partial charge in [0.2, 0.25) is 5.82 Å². The molecule has 0 saturated carbocycles. The SMILES string of the molecule is O=[N+]([O-])c1ccc(OC(F)F)c(Br)c1F. The molecule has 82 valence electrons. The van der Waals surface area contributed by atoms with E-state index in [4.69, 9.17) is 0 Å². The molecule has 1 aromatic carbocycles. The van der Waals surface area contributed by atoms with Crippen LogP contribution >= 0.6 is 15.9 Å². The summed E-state index contributed by atoms with van der Waals surface area (Å²) in [6, 6.07) is 1.63. The zero-order valence-electron chi connectivity index (χ0n) is 6.92. The lowest BCUT2D eigenvalue weighted by Gasteiger charge is -2.06. The van der Waals surface area contributed by atoms with Gasteiger partial charge in [-0.25, -0.2) is 0 Å². The van der Waals surface area contributed by atoms with Gasteiger partial charge in [-0.15, -0.1) is 0 Å². The van der Waals surface area contributed by atoms with Crippen LogP contribution in [0.3, 0.4) is 0 Å². The summed E-state index contributed by atoms with van der Waals surface area (Å²) >= 11 is 2.59. The number of hydrogen-bond acceptors (Lipinski definition) is 3. The highest BCUT2D eigenvalue weighted by atomic mass is 79.9. The Morgan fingerprint density at radius 2 is 2.07 bits per heavy atom. The predicted molar refractivity (Wildman–Crippen MR) is 47.4 cm³/mol. The first-order valence-corrected chi connectivity index (χ1v) is 4.30. The fraction of sp³-hybridized carbons (Fsp3) is 0.143.